The van der Waals surface area contributed by atoms with Gasteiger partial charge in [-0.15, -0.1) is 0 Å². The molecule has 0 saturated carbocycles. The molecule has 0 radical (unpaired) electrons. The van der Waals surface area contributed by atoms with Crippen molar-refractivity contribution >= 4 is 46.4 Å². The number of carbonyl (C=O) groups excluding carboxylic acids is 2. The van der Waals surface area contributed by atoms with Crippen LogP contribution in [0, 0.1) is 11.7 Å². The summed E-state index contributed by atoms with van der Waals surface area (Å²) in [6.07, 6.45) is 0.0391. The van der Waals surface area contributed by atoms with Gasteiger partial charge >= 0.3 is 0 Å². The topological polar surface area (TPSA) is 79.9 Å². The van der Waals surface area contributed by atoms with Crippen LogP contribution in [0.2, 0.25) is 10.0 Å². The number of halogens is 3. The Balaban J connectivity index is 1.43. The van der Waals surface area contributed by atoms with E-state index >= 15 is 0 Å². The van der Waals surface area contributed by atoms with Crippen LogP contribution < -0.4 is 25.2 Å². The number of para-hydroxylation sites is 1. The zero-order valence-corrected chi connectivity index (χ0v) is 20.2. The van der Waals surface area contributed by atoms with E-state index in [0.29, 0.717) is 38.5 Å². The first kappa shape index (κ1) is 24.6. The second kappa shape index (κ2) is 10.8. The Bertz CT molecular complexity index is 1220. The number of benzene rings is 3. The number of ether oxygens (including phenoxy) is 2. The molecule has 0 unspecified atom stereocenters. The lowest BCUT2D eigenvalue weighted by molar-refractivity contribution is -0.125. The number of amides is 2. The quantitative estimate of drug-likeness (QED) is 0.400. The van der Waals surface area contributed by atoms with Gasteiger partial charge in [-0.25, -0.2) is 4.39 Å². The van der Waals surface area contributed by atoms with Crippen molar-refractivity contribution in [3.63, 3.8) is 0 Å². The molecule has 7 nitrogen and oxygen atoms in total. The molecule has 0 bridgehead atoms. The van der Waals surface area contributed by atoms with Gasteiger partial charge in [-0.05, 0) is 48.5 Å². The summed E-state index contributed by atoms with van der Waals surface area (Å²) >= 11 is 12.5. The van der Waals surface area contributed by atoms with Crippen LogP contribution in [0.3, 0.4) is 0 Å². The average molecular weight is 518 g/mol. The van der Waals surface area contributed by atoms with Crippen molar-refractivity contribution in [3.05, 3.63) is 82.1 Å². The Labute approximate surface area is 211 Å². The normalized spacial score (nSPS) is 15.1. The molecule has 3 aromatic carbocycles. The van der Waals surface area contributed by atoms with Crippen LogP contribution in [-0.2, 0) is 16.2 Å². The predicted molar refractivity (Wildman–Crippen MR) is 132 cm³/mol. The van der Waals surface area contributed by atoms with E-state index in [1.807, 2.05) is 0 Å². The molecule has 1 atom stereocenters. The maximum Gasteiger partial charge on any atom is 0.243 e. The highest BCUT2D eigenvalue weighted by atomic mass is 35.5. The molecule has 2 amide bonds. The highest BCUT2D eigenvalue weighted by Crippen LogP contribution is 2.36. The number of methoxy groups -OCH3 is 1. The van der Waals surface area contributed by atoms with Gasteiger partial charge in [-0.2, -0.15) is 0 Å². The minimum atomic E-state index is -0.586. The molecular formula is C25H22Cl2FN3O4. The van der Waals surface area contributed by atoms with Gasteiger partial charge in [-0.3, -0.25) is 20.4 Å². The van der Waals surface area contributed by atoms with Crippen molar-refractivity contribution in [2.45, 2.75) is 13.0 Å². The summed E-state index contributed by atoms with van der Waals surface area (Å²) in [4.78, 5) is 26.7. The Morgan fingerprint density at radius 2 is 1.77 bits per heavy atom. The first-order valence-electron chi connectivity index (χ1n) is 10.7. The molecule has 1 aliphatic rings. The Kier molecular flexibility index (Phi) is 7.63. The molecule has 3 aromatic rings. The van der Waals surface area contributed by atoms with E-state index < -0.39 is 11.7 Å². The van der Waals surface area contributed by atoms with Crippen LogP contribution in [0.1, 0.15) is 12.0 Å². The molecule has 35 heavy (non-hydrogen) atoms. The van der Waals surface area contributed by atoms with E-state index in [1.54, 1.807) is 36.4 Å². The number of nitrogens with one attached hydrogen (secondary N) is 2. The number of hydrazine groups is 1. The standard InChI is InChI=1S/C25H22Cl2FN3O4/c1-34-22-7-3-6-21(24(22)35-14-18-19(26)4-2-5-20(18)27)29-30-25(33)15-12-23(32)31(13-15)17-10-8-16(28)9-11-17/h2-11,15,29H,12-14H2,1H3,(H,30,33)/t15-/m0/s1. The molecule has 182 valence electrons. The molecule has 4 rings (SSSR count). The largest absolute Gasteiger partial charge is 0.493 e. The highest BCUT2D eigenvalue weighted by molar-refractivity contribution is 6.35. The Morgan fingerprint density at radius 1 is 1.09 bits per heavy atom. The molecule has 0 aliphatic carbocycles. The lowest BCUT2D eigenvalue weighted by Crippen LogP contribution is -2.36. The number of rotatable bonds is 8. The van der Waals surface area contributed by atoms with Gasteiger partial charge in [0.15, 0.2) is 11.5 Å². The summed E-state index contributed by atoms with van der Waals surface area (Å²) in [5.41, 5.74) is 7.10. The van der Waals surface area contributed by atoms with E-state index in [-0.39, 0.29) is 31.4 Å². The summed E-state index contributed by atoms with van der Waals surface area (Å²) in [5.74, 6) is -0.777. The zero-order valence-electron chi connectivity index (χ0n) is 18.7. The van der Waals surface area contributed by atoms with Crippen LogP contribution in [0.15, 0.2) is 60.7 Å². The first-order chi connectivity index (χ1) is 16.9. The van der Waals surface area contributed by atoms with Gasteiger partial charge < -0.3 is 14.4 Å². The smallest absolute Gasteiger partial charge is 0.243 e. The highest BCUT2D eigenvalue weighted by Gasteiger charge is 2.35. The van der Waals surface area contributed by atoms with Crippen LogP contribution in [0.25, 0.3) is 0 Å². The van der Waals surface area contributed by atoms with E-state index in [0.717, 1.165) is 0 Å². The summed E-state index contributed by atoms with van der Waals surface area (Å²) in [7, 11) is 1.50. The predicted octanol–water partition coefficient (Wildman–Crippen LogP) is 5.22. The number of nitrogens with zero attached hydrogens (tertiary/aromatic N) is 1. The van der Waals surface area contributed by atoms with Gasteiger partial charge in [0.05, 0.1) is 18.7 Å². The van der Waals surface area contributed by atoms with Crippen molar-refractivity contribution in [2.24, 2.45) is 5.92 Å². The SMILES string of the molecule is COc1cccc(NNC(=O)[C@H]2CC(=O)N(c3ccc(F)cc3)C2)c1OCc1c(Cl)cccc1Cl. The van der Waals surface area contributed by atoms with Crippen LogP contribution in [-0.4, -0.2) is 25.5 Å². The second-order valence-electron chi connectivity index (χ2n) is 7.82. The van der Waals surface area contributed by atoms with E-state index in [1.165, 1.54) is 36.3 Å². The minimum absolute atomic E-state index is 0.0391. The van der Waals surface area contributed by atoms with Crippen molar-refractivity contribution < 1.29 is 23.5 Å². The third-order valence-corrected chi connectivity index (χ3v) is 6.28. The molecule has 10 heteroatoms. The van der Waals surface area contributed by atoms with Gasteiger partial charge in [0.2, 0.25) is 11.8 Å². The first-order valence-corrected chi connectivity index (χ1v) is 11.5. The maximum atomic E-state index is 13.2. The van der Waals surface area contributed by atoms with E-state index in [2.05, 4.69) is 10.9 Å². The number of anilines is 2. The summed E-state index contributed by atoms with van der Waals surface area (Å²) in [5, 5.41) is 0.929. The van der Waals surface area contributed by atoms with Gasteiger partial charge in [0, 0.05) is 34.3 Å². The van der Waals surface area contributed by atoms with E-state index in [9.17, 15) is 14.0 Å². The molecule has 0 spiro atoms. The molecule has 1 saturated heterocycles. The van der Waals surface area contributed by atoms with Crippen molar-refractivity contribution in [3.8, 4) is 11.5 Å². The molecule has 0 aromatic heterocycles. The Morgan fingerprint density at radius 3 is 2.46 bits per heavy atom. The molecule has 2 N–H and O–H groups in total. The summed E-state index contributed by atoms with van der Waals surface area (Å²) in [6, 6.07) is 15.9. The molecular weight excluding hydrogens is 496 g/mol. The molecule has 1 heterocycles. The number of hydrogen-bond acceptors (Lipinski definition) is 5. The monoisotopic (exact) mass is 517 g/mol. The summed E-state index contributed by atoms with van der Waals surface area (Å²) in [6.45, 7) is 0.260. The number of carbonyl (C=O) groups is 2. The third kappa shape index (κ3) is 5.61. The van der Waals surface area contributed by atoms with E-state index in [4.69, 9.17) is 32.7 Å². The van der Waals surface area contributed by atoms with Crippen LogP contribution in [0.4, 0.5) is 15.8 Å². The average Bonchev–Trinajstić information content (AvgIpc) is 3.24. The zero-order chi connectivity index (χ0) is 24.9. The molecule has 1 fully saturated rings. The van der Waals surface area contributed by atoms with Crippen molar-refractivity contribution in [1.29, 1.82) is 0 Å². The van der Waals surface area contributed by atoms with Gasteiger partial charge in [0.1, 0.15) is 12.4 Å². The third-order valence-electron chi connectivity index (χ3n) is 5.58. The van der Waals surface area contributed by atoms with Crippen molar-refractivity contribution in [1.82, 2.24) is 5.43 Å². The minimum Gasteiger partial charge on any atom is -0.493 e. The van der Waals surface area contributed by atoms with Crippen molar-refractivity contribution in [2.75, 3.05) is 24.0 Å². The molecule has 1 aliphatic heterocycles. The second-order valence-corrected chi connectivity index (χ2v) is 8.64. The maximum absolute atomic E-state index is 13.2. The fourth-order valence-electron chi connectivity index (χ4n) is 3.72. The summed E-state index contributed by atoms with van der Waals surface area (Å²) < 4.78 is 24.6. The lowest BCUT2D eigenvalue weighted by Gasteiger charge is -2.19. The Hall–Kier alpha value is -3.49. The van der Waals surface area contributed by atoms with Crippen LogP contribution >= 0.6 is 23.2 Å². The van der Waals surface area contributed by atoms with Crippen LogP contribution in [0.5, 0.6) is 11.5 Å². The fraction of sp³-hybridized carbons (Fsp3) is 0.200. The lowest BCUT2D eigenvalue weighted by atomic mass is 10.1. The fourth-order valence-corrected chi connectivity index (χ4v) is 4.23. The number of hydrogen-bond donors (Lipinski definition) is 2. The van der Waals surface area contributed by atoms with Gasteiger partial charge in [-0.1, -0.05) is 35.3 Å². The van der Waals surface area contributed by atoms with Gasteiger partial charge in [0.25, 0.3) is 0 Å².